The summed E-state index contributed by atoms with van der Waals surface area (Å²) in [7, 11) is 0. The van der Waals surface area contributed by atoms with Gasteiger partial charge in [-0.1, -0.05) is 18.2 Å². The van der Waals surface area contributed by atoms with Crippen LogP contribution in [0.3, 0.4) is 0 Å². The number of amides is 1. The van der Waals surface area contributed by atoms with Crippen LogP contribution in [0.5, 0.6) is 5.75 Å². The van der Waals surface area contributed by atoms with Crippen LogP contribution in [0.4, 0.5) is 0 Å². The van der Waals surface area contributed by atoms with E-state index in [1.165, 1.54) is 11.3 Å². The number of rotatable bonds is 3. The van der Waals surface area contributed by atoms with E-state index < -0.39 is 0 Å². The van der Waals surface area contributed by atoms with Gasteiger partial charge in [-0.15, -0.1) is 11.3 Å². The molecule has 3 aromatic rings. The van der Waals surface area contributed by atoms with Gasteiger partial charge in [0.15, 0.2) is 0 Å². The largest absolute Gasteiger partial charge is 0.488 e. The highest BCUT2D eigenvalue weighted by atomic mass is 32.1. The highest BCUT2D eigenvalue weighted by Crippen LogP contribution is 2.42. The maximum atomic E-state index is 12.6. The first-order valence-corrected chi connectivity index (χ1v) is 8.61. The molecule has 1 unspecified atom stereocenters. The van der Waals surface area contributed by atoms with Crippen LogP contribution in [-0.4, -0.2) is 10.9 Å². The van der Waals surface area contributed by atoms with Gasteiger partial charge in [0.05, 0.1) is 16.6 Å². The lowest BCUT2D eigenvalue weighted by molar-refractivity contribution is 0.0943. The third-order valence-corrected chi connectivity index (χ3v) is 5.24. The summed E-state index contributed by atoms with van der Waals surface area (Å²) in [6.07, 6.45) is 1.73. The van der Waals surface area contributed by atoms with Crippen molar-refractivity contribution in [3.05, 3.63) is 70.9 Å². The predicted octanol–water partition coefficient (Wildman–Crippen LogP) is 4.19. The van der Waals surface area contributed by atoms with Crippen molar-refractivity contribution in [2.75, 3.05) is 0 Å². The van der Waals surface area contributed by atoms with Crippen LogP contribution in [0.2, 0.25) is 0 Å². The zero-order valence-electron chi connectivity index (χ0n) is 13.2. The number of nitrogens with one attached hydrogen (secondary N) is 1. The average Bonchev–Trinajstić information content (AvgIpc) is 3.07. The first-order valence-electron chi connectivity index (χ1n) is 7.79. The molecule has 4 nitrogen and oxygen atoms in total. The van der Waals surface area contributed by atoms with Gasteiger partial charge in [0.25, 0.3) is 5.91 Å². The fourth-order valence-corrected chi connectivity index (χ4v) is 3.89. The summed E-state index contributed by atoms with van der Waals surface area (Å²) in [6.45, 7) is 2.44. The fourth-order valence-electron chi connectivity index (χ4n) is 2.79. The van der Waals surface area contributed by atoms with Gasteiger partial charge in [0, 0.05) is 22.2 Å². The lowest BCUT2D eigenvalue weighted by atomic mass is 10.1. The highest BCUT2D eigenvalue weighted by molar-refractivity contribution is 7.17. The van der Waals surface area contributed by atoms with Gasteiger partial charge in [-0.3, -0.25) is 9.78 Å². The summed E-state index contributed by atoms with van der Waals surface area (Å²) < 4.78 is 5.76. The van der Waals surface area contributed by atoms with E-state index >= 15 is 0 Å². The van der Waals surface area contributed by atoms with Crippen LogP contribution in [-0.2, 0) is 6.61 Å². The van der Waals surface area contributed by atoms with E-state index in [-0.39, 0.29) is 11.9 Å². The summed E-state index contributed by atoms with van der Waals surface area (Å²) >= 11 is 1.51. The highest BCUT2D eigenvalue weighted by Gasteiger charge is 2.23. The first kappa shape index (κ1) is 14.9. The number of ether oxygens (including phenoxy) is 1. The Hall–Kier alpha value is -2.66. The molecule has 1 amide bonds. The van der Waals surface area contributed by atoms with Crippen molar-refractivity contribution < 1.29 is 9.53 Å². The van der Waals surface area contributed by atoms with Crippen molar-refractivity contribution in [1.82, 2.24) is 10.3 Å². The van der Waals surface area contributed by atoms with Crippen LogP contribution in [0, 0.1) is 0 Å². The quantitative estimate of drug-likeness (QED) is 0.780. The van der Waals surface area contributed by atoms with Crippen molar-refractivity contribution in [1.29, 1.82) is 0 Å². The molecule has 1 aromatic carbocycles. The second kappa shape index (κ2) is 6.09. The summed E-state index contributed by atoms with van der Waals surface area (Å²) in [5.74, 6) is 0.797. The monoisotopic (exact) mass is 336 g/mol. The lowest BCUT2D eigenvalue weighted by Crippen LogP contribution is -2.26. The molecule has 4 rings (SSSR count). The van der Waals surface area contributed by atoms with Gasteiger partial charge in [-0.2, -0.15) is 0 Å². The normalized spacial score (nSPS) is 13.4. The minimum absolute atomic E-state index is 0.0787. The molecule has 0 bridgehead atoms. The molecule has 2 aromatic heterocycles. The van der Waals surface area contributed by atoms with Crippen molar-refractivity contribution >= 4 is 17.2 Å². The van der Waals surface area contributed by atoms with Crippen LogP contribution < -0.4 is 10.1 Å². The molecule has 0 aliphatic carbocycles. The maximum absolute atomic E-state index is 12.6. The molecule has 0 spiro atoms. The second-order valence-corrected chi connectivity index (χ2v) is 6.75. The molecule has 1 aliphatic heterocycles. The van der Waals surface area contributed by atoms with E-state index in [0.29, 0.717) is 11.5 Å². The zero-order valence-corrected chi connectivity index (χ0v) is 14.0. The Morgan fingerprint density at radius 2 is 2.08 bits per heavy atom. The van der Waals surface area contributed by atoms with E-state index in [9.17, 15) is 4.79 Å². The van der Waals surface area contributed by atoms with Crippen LogP contribution in [0.1, 0.15) is 33.9 Å². The zero-order chi connectivity index (χ0) is 16.5. The van der Waals surface area contributed by atoms with Gasteiger partial charge in [0.2, 0.25) is 0 Å². The van der Waals surface area contributed by atoms with Crippen molar-refractivity contribution in [2.24, 2.45) is 0 Å². The molecule has 5 heteroatoms. The van der Waals surface area contributed by atoms with Crippen molar-refractivity contribution in [2.45, 2.75) is 19.6 Å². The van der Waals surface area contributed by atoms with Gasteiger partial charge in [0.1, 0.15) is 12.4 Å². The summed E-state index contributed by atoms with van der Waals surface area (Å²) in [5.41, 5.74) is 2.97. The minimum Gasteiger partial charge on any atom is -0.488 e. The number of carbonyl (C=O) groups is 1. The number of hydrogen-bond donors (Lipinski definition) is 1. The number of benzene rings is 1. The summed E-state index contributed by atoms with van der Waals surface area (Å²) in [5, 5.41) is 3.01. The standard InChI is InChI=1S/C19H16N2O2S/c1-12(15-7-4-5-9-20-15)21-19(22)17-10-13-11-23-16-8-3-2-6-14(16)18(13)24-17/h2-10,12H,11H2,1H3,(H,21,22). The first-order chi connectivity index (χ1) is 11.7. The number of para-hydroxylation sites is 1. The third kappa shape index (κ3) is 2.67. The van der Waals surface area contributed by atoms with Crippen LogP contribution in [0.15, 0.2) is 54.7 Å². The molecule has 0 saturated carbocycles. The number of fused-ring (bicyclic) bond motifs is 3. The van der Waals surface area contributed by atoms with E-state index in [1.807, 2.05) is 55.5 Å². The number of hydrogen-bond acceptors (Lipinski definition) is 4. The summed E-state index contributed by atoms with van der Waals surface area (Å²) in [6, 6.07) is 15.4. The number of thiophene rings is 1. The van der Waals surface area contributed by atoms with Crippen molar-refractivity contribution in [3.8, 4) is 16.2 Å². The van der Waals surface area contributed by atoms with E-state index in [2.05, 4.69) is 10.3 Å². The molecule has 1 atom stereocenters. The molecule has 1 aliphatic rings. The van der Waals surface area contributed by atoms with Crippen LogP contribution >= 0.6 is 11.3 Å². The van der Waals surface area contributed by atoms with E-state index in [4.69, 9.17) is 4.74 Å². The van der Waals surface area contributed by atoms with Gasteiger partial charge in [-0.25, -0.2) is 0 Å². The maximum Gasteiger partial charge on any atom is 0.261 e. The molecule has 3 heterocycles. The molecule has 0 saturated heterocycles. The lowest BCUT2D eigenvalue weighted by Gasteiger charge is -2.16. The molecular weight excluding hydrogens is 320 g/mol. The van der Waals surface area contributed by atoms with Gasteiger partial charge in [-0.05, 0) is 37.3 Å². The number of carbonyl (C=O) groups excluding carboxylic acids is 1. The van der Waals surface area contributed by atoms with Crippen LogP contribution in [0.25, 0.3) is 10.4 Å². The average molecular weight is 336 g/mol. The Bertz CT molecular complexity index is 889. The fraction of sp³-hybridized carbons (Fsp3) is 0.158. The van der Waals surface area contributed by atoms with Gasteiger partial charge >= 0.3 is 0 Å². The van der Waals surface area contributed by atoms with E-state index in [0.717, 1.165) is 27.4 Å². The van der Waals surface area contributed by atoms with Gasteiger partial charge < -0.3 is 10.1 Å². The molecule has 24 heavy (non-hydrogen) atoms. The molecule has 0 fully saturated rings. The predicted molar refractivity (Wildman–Crippen MR) is 94.2 cm³/mol. The Kier molecular flexibility index (Phi) is 3.78. The van der Waals surface area contributed by atoms with Crippen molar-refractivity contribution in [3.63, 3.8) is 0 Å². The molecule has 0 radical (unpaired) electrons. The van der Waals surface area contributed by atoms with E-state index in [1.54, 1.807) is 6.20 Å². The number of aromatic nitrogens is 1. The number of nitrogens with zero attached hydrogens (tertiary/aromatic N) is 1. The topological polar surface area (TPSA) is 51.2 Å². The second-order valence-electron chi connectivity index (χ2n) is 5.70. The molecule has 1 N–H and O–H groups in total. The molecular formula is C19H16N2O2S. The smallest absolute Gasteiger partial charge is 0.261 e. The Morgan fingerprint density at radius 1 is 1.25 bits per heavy atom. The Balaban J connectivity index is 1.58. The minimum atomic E-state index is -0.138. The SMILES string of the molecule is CC(NC(=O)c1cc2c(s1)-c1ccccc1OC2)c1ccccn1. The Morgan fingerprint density at radius 3 is 2.92 bits per heavy atom. The number of pyridine rings is 1. The molecule has 120 valence electrons. The third-order valence-electron chi connectivity index (χ3n) is 4.03. The summed E-state index contributed by atoms with van der Waals surface area (Å²) in [4.78, 5) is 18.7. The Labute approximate surface area is 144 Å².